The fraction of sp³-hybridized carbons (Fsp3) is 0.400. The van der Waals surface area contributed by atoms with Gasteiger partial charge in [-0.2, -0.15) is 0 Å². The third kappa shape index (κ3) is 6.11. The summed E-state index contributed by atoms with van der Waals surface area (Å²) < 4.78 is 17.6. The normalized spacial score (nSPS) is 15.2. The molecule has 1 saturated heterocycles. The maximum Gasteiger partial charge on any atom is 0.273 e. The molecule has 4 rings (SSSR count). The molecule has 2 amide bonds. The molecule has 11 heteroatoms. The standard InChI is InChI=1S/C30H35FN8O2/c1-8-26(40)37(7)21-10-9-13-38(17-21)25-16-33-15-23(32-6)27(25)22-12-11-20(19(2)28(22)31)14-34-29(41)24-18-39(36-35-24)30(3,4)5/h8,11-12,15-16,18,21H,1,9-10,13-14,17H2,2-5,7H3,(H,34,41)/t21-/m1/s1. The summed E-state index contributed by atoms with van der Waals surface area (Å²) in [6.45, 7) is 20.2. The van der Waals surface area contributed by atoms with Gasteiger partial charge < -0.3 is 15.1 Å². The number of nitrogens with zero attached hydrogens (tertiary/aromatic N) is 7. The van der Waals surface area contributed by atoms with Crippen LogP contribution in [0.15, 0.2) is 43.4 Å². The molecule has 0 spiro atoms. The van der Waals surface area contributed by atoms with Gasteiger partial charge in [-0.25, -0.2) is 13.9 Å². The lowest BCUT2D eigenvalue weighted by atomic mass is 9.95. The number of hydrogen-bond acceptors (Lipinski definition) is 6. The first-order chi connectivity index (χ1) is 19.5. The molecule has 0 bridgehead atoms. The summed E-state index contributed by atoms with van der Waals surface area (Å²) in [6, 6.07) is 3.34. The van der Waals surface area contributed by atoms with Crippen molar-refractivity contribution >= 4 is 23.2 Å². The Hall–Kier alpha value is -4.59. The molecule has 2 aromatic heterocycles. The van der Waals surface area contributed by atoms with E-state index in [-0.39, 0.29) is 41.0 Å². The van der Waals surface area contributed by atoms with Crippen LogP contribution in [0.1, 0.15) is 55.2 Å². The minimum Gasteiger partial charge on any atom is -0.369 e. The number of amides is 2. The predicted octanol–water partition coefficient (Wildman–Crippen LogP) is 4.64. The number of carbonyl (C=O) groups excluding carboxylic acids is 2. The van der Waals surface area contributed by atoms with Gasteiger partial charge >= 0.3 is 0 Å². The molecule has 0 saturated carbocycles. The van der Waals surface area contributed by atoms with Gasteiger partial charge in [-0.15, -0.1) is 5.10 Å². The predicted molar refractivity (Wildman–Crippen MR) is 155 cm³/mol. The van der Waals surface area contributed by atoms with Crippen LogP contribution in [0.25, 0.3) is 16.0 Å². The number of likely N-dealkylation sites (N-methyl/N-ethyl adjacent to an activating group) is 1. The fourth-order valence-electron chi connectivity index (χ4n) is 4.92. The zero-order valence-corrected chi connectivity index (χ0v) is 24.1. The quantitative estimate of drug-likeness (QED) is 0.335. The van der Waals surface area contributed by atoms with E-state index in [0.29, 0.717) is 35.5 Å². The molecule has 10 nitrogen and oxygen atoms in total. The van der Waals surface area contributed by atoms with Crippen molar-refractivity contribution in [2.45, 2.75) is 58.7 Å². The maximum atomic E-state index is 16.0. The minimum atomic E-state index is -0.472. The molecule has 41 heavy (non-hydrogen) atoms. The number of rotatable bonds is 7. The summed E-state index contributed by atoms with van der Waals surface area (Å²) in [5.41, 5.74) is 2.46. The van der Waals surface area contributed by atoms with E-state index in [4.69, 9.17) is 6.57 Å². The summed E-state index contributed by atoms with van der Waals surface area (Å²) in [5, 5.41) is 10.8. The second-order valence-electron chi connectivity index (χ2n) is 11.2. The minimum absolute atomic E-state index is 0.0544. The molecule has 1 aromatic carbocycles. The highest BCUT2D eigenvalue weighted by atomic mass is 19.1. The van der Waals surface area contributed by atoms with Crippen LogP contribution in [0.3, 0.4) is 0 Å². The number of piperidine rings is 1. The highest BCUT2D eigenvalue weighted by Crippen LogP contribution is 2.41. The highest BCUT2D eigenvalue weighted by molar-refractivity contribution is 5.92. The summed E-state index contributed by atoms with van der Waals surface area (Å²) >= 11 is 0. The van der Waals surface area contributed by atoms with Gasteiger partial charge in [0, 0.05) is 56.2 Å². The van der Waals surface area contributed by atoms with Crippen molar-refractivity contribution in [2.75, 3.05) is 25.0 Å². The third-order valence-electron chi connectivity index (χ3n) is 7.45. The molecule has 0 radical (unpaired) electrons. The molecule has 0 unspecified atom stereocenters. The molecule has 0 aliphatic carbocycles. The molecule has 214 valence electrons. The number of anilines is 1. The topological polar surface area (TPSA) is 101 Å². The van der Waals surface area contributed by atoms with Gasteiger partial charge in [0.2, 0.25) is 11.6 Å². The largest absolute Gasteiger partial charge is 0.369 e. The van der Waals surface area contributed by atoms with Gasteiger partial charge in [0.05, 0.1) is 24.0 Å². The first-order valence-electron chi connectivity index (χ1n) is 13.4. The number of nitrogens with one attached hydrogen (secondary N) is 1. The van der Waals surface area contributed by atoms with E-state index in [1.165, 1.54) is 12.3 Å². The Labute approximate surface area is 239 Å². The number of pyridine rings is 1. The van der Waals surface area contributed by atoms with Crippen molar-refractivity contribution < 1.29 is 14.0 Å². The smallest absolute Gasteiger partial charge is 0.273 e. The molecule has 1 fully saturated rings. The Morgan fingerprint density at radius 1 is 1.32 bits per heavy atom. The van der Waals surface area contributed by atoms with Crippen LogP contribution in [-0.2, 0) is 16.9 Å². The second kappa shape index (κ2) is 11.9. The van der Waals surface area contributed by atoms with Gasteiger partial charge in [-0.05, 0) is 57.7 Å². The Morgan fingerprint density at radius 2 is 2.07 bits per heavy atom. The van der Waals surface area contributed by atoms with E-state index in [0.717, 1.165) is 12.8 Å². The van der Waals surface area contributed by atoms with E-state index < -0.39 is 11.7 Å². The van der Waals surface area contributed by atoms with E-state index in [2.05, 4.69) is 36.9 Å². The Balaban J connectivity index is 1.61. The lowest BCUT2D eigenvalue weighted by molar-refractivity contribution is -0.126. The second-order valence-corrected chi connectivity index (χ2v) is 11.2. The number of halogens is 1. The van der Waals surface area contributed by atoms with Gasteiger partial charge in [0.15, 0.2) is 5.69 Å². The first kappa shape index (κ1) is 29.4. The number of hydrogen-bond donors (Lipinski definition) is 1. The number of carbonyl (C=O) groups is 2. The zero-order valence-electron chi connectivity index (χ0n) is 24.1. The molecule has 3 aromatic rings. The van der Waals surface area contributed by atoms with Crippen molar-refractivity contribution in [2.24, 2.45) is 0 Å². The van der Waals surface area contributed by atoms with Crippen molar-refractivity contribution in [3.63, 3.8) is 0 Å². The SMILES string of the molecule is [C-]#[N+]c1cncc(N2CCC[C@@H](N(C)C(=O)C=C)C2)c1-c1ccc(CNC(=O)c2cn(C(C)(C)C)nn2)c(C)c1F. The zero-order chi connectivity index (χ0) is 29.9. The van der Waals surface area contributed by atoms with Crippen LogP contribution in [0, 0.1) is 19.3 Å². The average molecular weight is 559 g/mol. The van der Waals surface area contributed by atoms with Gasteiger partial charge in [0.25, 0.3) is 5.91 Å². The molecule has 3 heterocycles. The van der Waals surface area contributed by atoms with Crippen molar-refractivity contribution in [3.8, 4) is 11.1 Å². The monoisotopic (exact) mass is 558 g/mol. The Morgan fingerprint density at radius 3 is 2.73 bits per heavy atom. The van der Waals surface area contributed by atoms with Crippen LogP contribution in [-0.4, -0.2) is 62.9 Å². The Bertz CT molecular complexity index is 1520. The average Bonchev–Trinajstić information content (AvgIpc) is 3.48. The van der Waals surface area contributed by atoms with Gasteiger partial charge in [-0.3, -0.25) is 14.6 Å². The summed E-state index contributed by atoms with van der Waals surface area (Å²) in [4.78, 5) is 36.6. The molecule has 1 aliphatic heterocycles. The summed E-state index contributed by atoms with van der Waals surface area (Å²) in [7, 11) is 1.75. The van der Waals surface area contributed by atoms with Crippen LogP contribution in [0.2, 0.25) is 0 Å². The van der Waals surface area contributed by atoms with Crippen LogP contribution in [0.5, 0.6) is 0 Å². The van der Waals surface area contributed by atoms with Crippen LogP contribution in [0.4, 0.5) is 15.8 Å². The molecule has 1 aliphatic rings. The molecular weight excluding hydrogens is 523 g/mol. The van der Waals surface area contributed by atoms with Crippen molar-refractivity contribution in [3.05, 3.63) is 77.4 Å². The van der Waals surface area contributed by atoms with Crippen LogP contribution < -0.4 is 10.2 Å². The number of benzene rings is 1. The van der Waals surface area contributed by atoms with Gasteiger partial charge in [-0.1, -0.05) is 23.9 Å². The first-order valence-corrected chi connectivity index (χ1v) is 13.4. The number of aromatic nitrogens is 4. The third-order valence-corrected chi connectivity index (χ3v) is 7.45. The van der Waals surface area contributed by atoms with Crippen molar-refractivity contribution in [1.29, 1.82) is 0 Å². The van der Waals surface area contributed by atoms with E-state index >= 15 is 4.39 Å². The molecule has 1 N–H and O–H groups in total. The van der Waals surface area contributed by atoms with E-state index in [1.807, 2.05) is 20.8 Å². The fourth-order valence-corrected chi connectivity index (χ4v) is 4.92. The highest BCUT2D eigenvalue weighted by Gasteiger charge is 2.29. The van der Waals surface area contributed by atoms with Crippen molar-refractivity contribution in [1.82, 2.24) is 30.2 Å². The summed E-state index contributed by atoms with van der Waals surface area (Å²) in [5.74, 6) is -1.04. The lowest BCUT2D eigenvalue weighted by Gasteiger charge is -2.39. The lowest BCUT2D eigenvalue weighted by Crippen LogP contribution is -2.48. The van der Waals surface area contributed by atoms with Gasteiger partial charge in [0.1, 0.15) is 5.82 Å². The maximum absolute atomic E-state index is 16.0. The van der Waals surface area contributed by atoms with E-state index in [1.54, 1.807) is 48.1 Å². The Kier molecular flexibility index (Phi) is 8.52. The summed E-state index contributed by atoms with van der Waals surface area (Å²) in [6.07, 6.45) is 7.62. The molecule has 1 atom stereocenters. The van der Waals surface area contributed by atoms with Crippen LogP contribution >= 0.6 is 0 Å². The molecular formula is C30H35FN8O2. The van der Waals surface area contributed by atoms with E-state index in [9.17, 15) is 9.59 Å².